The molecule has 0 aliphatic heterocycles. The van der Waals surface area contributed by atoms with Crippen LogP contribution in [-0.2, 0) is 14.3 Å². The van der Waals surface area contributed by atoms with E-state index in [2.05, 4.69) is 15.3 Å². The molecule has 0 aliphatic rings. The van der Waals surface area contributed by atoms with Gasteiger partial charge >= 0.3 is 17.6 Å². The maximum Gasteiger partial charge on any atom is 0.360 e. The van der Waals surface area contributed by atoms with Gasteiger partial charge in [-0.3, -0.25) is 14.9 Å². The number of ether oxygens (including phenoxy) is 3. The Morgan fingerprint density at radius 1 is 1.19 bits per heavy atom. The molecule has 2 heterocycles. The molecular formula is C25H28N4O8. The fourth-order valence-corrected chi connectivity index (χ4v) is 3.35. The molecule has 0 bridgehead atoms. The van der Waals surface area contributed by atoms with Crippen molar-refractivity contribution in [2.24, 2.45) is 0 Å². The number of nitrogens with one attached hydrogen (secondary N) is 1. The van der Waals surface area contributed by atoms with E-state index in [1.165, 1.54) is 25.3 Å². The van der Waals surface area contributed by atoms with Gasteiger partial charge in [0.2, 0.25) is 5.89 Å². The van der Waals surface area contributed by atoms with Gasteiger partial charge in [-0.1, -0.05) is 12.1 Å². The molecule has 0 spiro atoms. The highest BCUT2D eigenvalue weighted by atomic mass is 16.6. The van der Waals surface area contributed by atoms with Crippen molar-refractivity contribution in [3.8, 4) is 17.2 Å². The summed E-state index contributed by atoms with van der Waals surface area (Å²) in [5.41, 5.74) is 0.588. The number of pyridine rings is 1. The molecule has 196 valence electrons. The molecule has 2 aromatic heterocycles. The predicted octanol–water partition coefficient (Wildman–Crippen LogP) is 4.41. The first-order valence-corrected chi connectivity index (χ1v) is 11.7. The van der Waals surface area contributed by atoms with Gasteiger partial charge in [0, 0.05) is 31.3 Å². The summed E-state index contributed by atoms with van der Waals surface area (Å²) in [4.78, 5) is 42.3. The molecule has 0 radical (unpaired) electrons. The Kier molecular flexibility index (Phi) is 9.94. The Balaban J connectivity index is 1.52. The van der Waals surface area contributed by atoms with Crippen LogP contribution in [-0.4, -0.2) is 52.7 Å². The molecule has 12 nitrogen and oxygen atoms in total. The van der Waals surface area contributed by atoms with E-state index in [0.29, 0.717) is 30.8 Å². The number of nitro groups is 1. The fourth-order valence-electron chi connectivity index (χ4n) is 3.35. The number of carbonyl (C=O) groups excluding carboxylic acids is 2. The number of unbranched alkanes of at least 4 members (excludes halogenated alkanes) is 1. The second-order valence-electron chi connectivity index (χ2n) is 7.88. The second kappa shape index (κ2) is 13.6. The van der Waals surface area contributed by atoms with E-state index in [4.69, 9.17) is 18.6 Å². The number of oxazole rings is 1. The molecule has 3 aromatic rings. The SMILES string of the molecule is CCOC(=O)c1coc(-c2ccnc(NCCCCC(COC(C)=O)Oc3ccccc3[N+](=O)[O-])c2)n1. The highest BCUT2D eigenvalue weighted by Crippen LogP contribution is 2.28. The van der Waals surface area contributed by atoms with Gasteiger partial charge in [0.05, 0.1) is 11.5 Å². The summed E-state index contributed by atoms with van der Waals surface area (Å²) in [6.07, 6.45) is 4.25. The van der Waals surface area contributed by atoms with Crippen LogP contribution >= 0.6 is 0 Å². The average molecular weight is 513 g/mol. The molecule has 1 unspecified atom stereocenters. The lowest BCUT2D eigenvalue weighted by molar-refractivity contribution is -0.386. The first-order chi connectivity index (χ1) is 17.9. The van der Waals surface area contributed by atoms with E-state index in [-0.39, 0.29) is 36.2 Å². The van der Waals surface area contributed by atoms with Crippen molar-refractivity contribution >= 4 is 23.4 Å². The number of anilines is 1. The lowest BCUT2D eigenvalue weighted by Gasteiger charge is -2.19. The minimum Gasteiger partial charge on any atom is -0.480 e. The zero-order valence-corrected chi connectivity index (χ0v) is 20.5. The summed E-state index contributed by atoms with van der Waals surface area (Å²) in [6.45, 7) is 3.82. The van der Waals surface area contributed by atoms with Crippen molar-refractivity contribution in [1.82, 2.24) is 9.97 Å². The van der Waals surface area contributed by atoms with Gasteiger partial charge in [0.1, 0.15) is 24.8 Å². The number of nitro benzene ring substituents is 1. The Labute approximate surface area is 213 Å². The van der Waals surface area contributed by atoms with Gasteiger partial charge in [-0.15, -0.1) is 0 Å². The largest absolute Gasteiger partial charge is 0.480 e. The Morgan fingerprint density at radius 2 is 2.00 bits per heavy atom. The van der Waals surface area contributed by atoms with Gasteiger partial charge in [-0.25, -0.2) is 14.8 Å². The summed E-state index contributed by atoms with van der Waals surface area (Å²) in [5.74, 6) is -0.0108. The topological polar surface area (TPSA) is 156 Å². The molecule has 1 N–H and O–H groups in total. The Bertz CT molecular complexity index is 1210. The van der Waals surface area contributed by atoms with Gasteiger partial charge in [0.25, 0.3) is 0 Å². The third-order valence-electron chi connectivity index (χ3n) is 5.08. The average Bonchev–Trinajstić information content (AvgIpc) is 3.38. The van der Waals surface area contributed by atoms with Crippen LogP contribution in [0.15, 0.2) is 53.3 Å². The second-order valence-corrected chi connectivity index (χ2v) is 7.88. The summed E-state index contributed by atoms with van der Waals surface area (Å²) in [5, 5.41) is 14.5. The number of benzene rings is 1. The van der Waals surface area contributed by atoms with Crippen LogP contribution < -0.4 is 10.1 Å². The minimum atomic E-state index is -0.553. The standard InChI is InChI=1S/C25H28N4O8/c1-3-34-25(31)20-16-36-24(28-20)18-11-13-27-23(14-18)26-12-7-6-8-19(15-35-17(2)30)37-22-10-5-4-9-21(22)29(32)33/h4-5,9-11,13-14,16,19H,3,6-8,12,15H2,1-2H3,(H,26,27). The molecule has 0 fully saturated rings. The van der Waals surface area contributed by atoms with Crippen LogP contribution in [0, 0.1) is 10.1 Å². The van der Waals surface area contributed by atoms with E-state index >= 15 is 0 Å². The molecule has 0 amide bonds. The van der Waals surface area contributed by atoms with Crippen LogP contribution in [0.2, 0.25) is 0 Å². The van der Waals surface area contributed by atoms with E-state index < -0.39 is 23.0 Å². The monoisotopic (exact) mass is 512 g/mol. The zero-order chi connectivity index (χ0) is 26.6. The number of nitrogens with zero attached hydrogens (tertiary/aromatic N) is 3. The van der Waals surface area contributed by atoms with Crippen molar-refractivity contribution in [3.05, 3.63) is 64.7 Å². The number of rotatable bonds is 14. The lowest BCUT2D eigenvalue weighted by atomic mass is 10.1. The van der Waals surface area contributed by atoms with Crippen molar-refractivity contribution in [1.29, 1.82) is 0 Å². The van der Waals surface area contributed by atoms with Gasteiger partial charge in [-0.2, -0.15) is 0 Å². The van der Waals surface area contributed by atoms with Gasteiger partial charge in [0.15, 0.2) is 11.4 Å². The Hall–Kier alpha value is -4.48. The highest BCUT2D eigenvalue weighted by Gasteiger charge is 2.20. The molecule has 0 aliphatic carbocycles. The maximum atomic E-state index is 11.8. The third-order valence-corrected chi connectivity index (χ3v) is 5.08. The number of esters is 2. The first-order valence-electron chi connectivity index (χ1n) is 11.7. The molecule has 0 saturated heterocycles. The number of aromatic nitrogens is 2. The van der Waals surface area contributed by atoms with E-state index in [0.717, 1.165) is 6.42 Å². The van der Waals surface area contributed by atoms with Gasteiger partial charge < -0.3 is 23.9 Å². The summed E-state index contributed by atoms with van der Waals surface area (Å²) in [6, 6.07) is 9.55. The maximum absolute atomic E-state index is 11.8. The number of hydrogen-bond acceptors (Lipinski definition) is 11. The van der Waals surface area contributed by atoms with Crippen LogP contribution in [0.3, 0.4) is 0 Å². The fraction of sp³-hybridized carbons (Fsp3) is 0.360. The van der Waals surface area contributed by atoms with Crippen molar-refractivity contribution in [3.63, 3.8) is 0 Å². The lowest BCUT2D eigenvalue weighted by Crippen LogP contribution is -2.25. The van der Waals surface area contributed by atoms with Crippen LogP contribution in [0.5, 0.6) is 5.75 Å². The number of carbonyl (C=O) groups is 2. The third kappa shape index (κ3) is 8.30. The molecule has 3 rings (SSSR count). The molecule has 1 aromatic carbocycles. The highest BCUT2D eigenvalue weighted by molar-refractivity contribution is 5.87. The van der Waals surface area contributed by atoms with E-state index in [1.54, 1.807) is 37.4 Å². The van der Waals surface area contributed by atoms with Gasteiger partial charge in [-0.05, 0) is 44.4 Å². The molecule has 1 atom stereocenters. The molecule has 12 heteroatoms. The molecule has 37 heavy (non-hydrogen) atoms. The number of hydrogen-bond donors (Lipinski definition) is 1. The van der Waals surface area contributed by atoms with Crippen LogP contribution in [0.1, 0.15) is 43.6 Å². The minimum absolute atomic E-state index is 0.0116. The number of para-hydroxylation sites is 2. The predicted molar refractivity (Wildman–Crippen MR) is 132 cm³/mol. The van der Waals surface area contributed by atoms with Crippen LogP contribution in [0.25, 0.3) is 11.5 Å². The van der Waals surface area contributed by atoms with Crippen molar-refractivity contribution in [2.75, 3.05) is 25.1 Å². The summed E-state index contributed by atoms with van der Waals surface area (Å²) >= 11 is 0. The van der Waals surface area contributed by atoms with E-state index in [1.807, 2.05) is 0 Å². The van der Waals surface area contributed by atoms with Crippen LogP contribution in [0.4, 0.5) is 11.5 Å². The Morgan fingerprint density at radius 3 is 2.76 bits per heavy atom. The van der Waals surface area contributed by atoms with Crippen molar-refractivity contribution in [2.45, 2.75) is 39.2 Å². The smallest absolute Gasteiger partial charge is 0.360 e. The normalized spacial score (nSPS) is 11.4. The molecule has 0 saturated carbocycles. The molecular weight excluding hydrogens is 484 g/mol. The quantitative estimate of drug-likeness (QED) is 0.141. The summed E-state index contributed by atoms with van der Waals surface area (Å²) < 4.78 is 21.2. The summed E-state index contributed by atoms with van der Waals surface area (Å²) in [7, 11) is 0. The first kappa shape index (κ1) is 27.1. The van der Waals surface area contributed by atoms with Crippen molar-refractivity contribution < 1.29 is 33.1 Å². The zero-order valence-electron chi connectivity index (χ0n) is 20.5. The van der Waals surface area contributed by atoms with E-state index in [9.17, 15) is 19.7 Å².